The Bertz CT molecular complexity index is 1500. The Hall–Kier alpha value is -4.53. The van der Waals surface area contributed by atoms with Gasteiger partial charge in [0.15, 0.2) is 0 Å². The van der Waals surface area contributed by atoms with Gasteiger partial charge < -0.3 is 9.15 Å². The van der Waals surface area contributed by atoms with Gasteiger partial charge >= 0.3 is 0 Å². The maximum Gasteiger partial charge on any atom is 0.251 e. The van der Waals surface area contributed by atoms with Gasteiger partial charge in [-0.3, -0.25) is 9.97 Å². The third-order valence-corrected chi connectivity index (χ3v) is 5.85. The van der Waals surface area contributed by atoms with E-state index in [1.807, 2.05) is 30.3 Å². The van der Waals surface area contributed by atoms with E-state index in [9.17, 15) is 0 Å². The topological polar surface area (TPSA) is 99.7 Å². The third-order valence-electron chi connectivity index (χ3n) is 5.85. The Kier molecular flexibility index (Phi) is 5.21. The molecule has 0 saturated heterocycles. The van der Waals surface area contributed by atoms with Crippen molar-refractivity contribution in [2.45, 2.75) is 18.8 Å². The molecule has 5 aromatic rings. The van der Waals surface area contributed by atoms with Crippen LogP contribution in [-0.2, 0) is 0 Å². The zero-order chi connectivity index (χ0) is 23.8. The Morgan fingerprint density at radius 3 is 2.43 bits per heavy atom. The third kappa shape index (κ3) is 4.01. The van der Waals surface area contributed by atoms with E-state index in [0.29, 0.717) is 28.5 Å². The smallest absolute Gasteiger partial charge is 0.251 e. The maximum absolute atomic E-state index is 15.2. The van der Waals surface area contributed by atoms with Crippen molar-refractivity contribution in [3.63, 3.8) is 0 Å². The number of methoxy groups -OCH3 is 1. The van der Waals surface area contributed by atoms with Gasteiger partial charge in [-0.15, -0.1) is 10.2 Å². The lowest BCUT2D eigenvalue weighted by Crippen LogP contribution is -1.99. The molecule has 4 aromatic heterocycles. The summed E-state index contributed by atoms with van der Waals surface area (Å²) in [5.41, 5.74) is 4.55. The number of rotatable bonds is 6. The average Bonchev–Trinajstić information content (AvgIpc) is 3.65. The average molecular weight is 466 g/mol. The van der Waals surface area contributed by atoms with Crippen molar-refractivity contribution in [2.75, 3.05) is 7.11 Å². The summed E-state index contributed by atoms with van der Waals surface area (Å²) in [5, 5.41) is 8.13. The fourth-order valence-electron chi connectivity index (χ4n) is 3.95. The molecule has 0 bridgehead atoms. The van der Waals surface area contributed by atoms with Gasteiger partial charge in [0.1, 0.15) is 12.1 Å². The number of aromatic nitrogens is 6. The second kappa shape index (κ2) is 8.68. The highest BCUT2D eigenvalue weighted by Crippen LogP contribution is 2.46. The Balaban J connectivity index is 1.30. The Labute approximate surface area is 199 Å². The summed E-state index contributed by atoms with van der Waals surface area (Å²) in [5.74, 6) is 0.611. The number of ether oxygens (including phenoxy) is 1. The predicted molar refractivity (Wildman–Crippen MR) is 126 cm³/mol. The molecule has 0 amide bonds. The summed E-state index contributed by atoms with van der Waals surface area (Å²) in [4.78, 5) is 17.4. The van der Waals surface area contributed by atoms with Crippen molar-refractivity contribution < 1.29 is 13.5 Å². The van der Waals surface area contributed by atoms with Gasteiger partial charge in [0, 0.05) is 18.3 Å². The number of nitrogens with zero attached hydrogens (tertiary/aromatic N) is 6. The molecule has 1 aliphatic carbocycles. The molecule has 0 N–H and O–H groups in total. The molecule has 1 fully saturated rings. The molecule has 0 radical (unpaired) electrons. The van der Waals surface area contributed by atoms with Crippen LogP contribution < -0.4 is 4.74 Å². The molecule has 0 atom stereocenters. The van der Waals surface area contributed by atoms with E-state index >= 15 is 4.39 Å². The molecule has 35 heavy (non-hydrogen) atoms. The van der Waals surface area contributed by atoms with E-state index in [1.165, 1.54) is 12.4 Å². The van der Waals surface area contributed by atoms with Gasteiger partial charge in [-0.2, -0.15) is 0 Å². The minimum absolute atomic E-state index is 0.0801. The molecule has 4 heterocycles. The van der Waals surface area contributed by atoms with Crippen LogP contribution in [0, 0.1) is 5.82 Å². The fraction of sp³-hybridized carbons (Fsp3) is 0.154. The standard InChI is InChI=1S/C26H19FN6O2/c1-34-26-22(23(15-5-6-15)30-14-31-26)16-7-9-18(19(27)12-16)25-33-32-24(35-25)17-8-10-21(29-13-17)20-4-2-3-11-28-20/h2-4,7-15H,5-6H2,1H3. The van der Waals surface area contributed by atoms with Gasteiger partial charge in [-0.25, -0.2) is 14.4 Å². The van der Waals surface area contributed by atoms with Crippen molar-refractivity contribution in [3.8, 4) is 51.3 Å². The summed E-state index contributed by atoms with van der Waals surface area (Å²) in [6.45, 7) is 0. The highest BCUT2D eigenvalue weighted by Gasteiger charge is 2.30. The molecule has 9 heteroatoms. The number of hydrogen-bond donors (Lipinski definition) is 0. The van der Waals surface area contributed by atoms with Crippen LogP contribution in [0.1, 0.15) is 24.5 Å². The number of benzene rings is 1. The first-order chi connectivity index (χ1) is 17.2. The van der Waals surface area contributed by atoms with E-state index in [-0.39, 0.29) is 17.3 Å². The quantitative estimate of drug-likeness (QED) is 0.330. The zero-order valence-electron chi connectivity index (χ0n) is 18.7. The minimum atomic E-state index is -0.492. The largest absolute Gasteiger partial charge is 0.480 e. The Morgan fingerprint density at radius 2 is 1.71 bits per heavy atom. The fourth-order valence-corrected chi connectivity index (χ4v) is 3.95. The molecule has 172 valence electrons. The lowest BCUT2D eigenvalue weighted by Gasteiger charge is -2.12. The Morgan fingerprint density at radius 1 is 0.886 bits per heavy atom. The summed E-state index contributed by atoms with van der Waals surface area (Å²) in [6, 6.07) is 14.1. The summed E-state index contributed by atoms with van der Waals surface area (Å²) in [7, 11) is 1.55. The van der Waals surface area contributed by atoms with E-state index in [1.54, 1.807) is 31.6 Å². The lowest BCUT2D eigenvalue weighted by molar-refractivity contribution is 0.398. The molecule has 1 aromatic carbocycles. The van der Waals surface area contributed by atoms with E-state index in [2.05, 4.69) is 30.1 Å². The van der Waals surface area contributed by atoms with E-state index < -0.39 is 5.82 Å². The first-order valence-corrected chi connectivity index (χ1v) is 11.1. The molecule has 0 aliphatic heterocycles. The molecule has 1 aliphatic rings. The summed E-state index contributed by atoms with van der Waals surface area (Å²) in [6.07, 6.45) is 6.93. The minimum Gasteiger partial charge on any atom is -0.480 e. The van der Waals surface area contributed by atoms with Crippen LogP contribution in [0.3, 0.4) is 0 Å². The molecule has 6 rings (SSSR count). The van der Waals surface area contributed by atoms with Crippen LogP contribution in [0.15, 0.2) is 71.7 Å². The predicted octanol–water partition coefficient (Wildman–Crippen LogP) is 5.34. The van der Waals surface area contributed by atoms with Gasteiger partial charge in [0.25, 0.3) is 5.89 Å². The van der Waals surface area contributed by atoms with Crippen LogP contribution in [0.5, 0.6) is 5.88 Å². The second-order valence-electron chi connectivity index (χ2n) is 8.17. The van der Waals surface area contributed by atoms with Crippen molar-refractivity contribution in [1.29, 1.82) is 0 Å². The zero-order valence-corrected chi connectivity index (χ0v) is 18.7. The number of hydrogen-bond acceptors (Lipinski definition) is 8. The summed E-state index contributed by atoms with van der Waals surface area (Å²) >= 11 is 0. The highest BCUT2D eigenvalue weighted by atomic mass is 19.1. The van der Waals surface area contributed by atoms with Gasteiger partial charge in [-0.05, 0) is 54.8 Å². The monoisotopic (exact) mass is 466 g/mol. The van der Waals surface area contributed by atoms with Gasteiger partial charge in [0.2, 0.25) is 11.8 Å². The first-order valence-electron chi connectivity index (χ1n) is 11.1. The van der Waals surface area contributed by atoms with Crippen LogP contribution in [0.25, 0.3) is 45.4 Å². The van der Waals surface area contributed by atoms with E-state index in [0.717, 1.165) is 29.9 Å². The highest BCUT2D eigenvalue weighted by molar-refractivity contribution is 5.74. The van der Waals surface area contributed by atoms with Crippen molar-refractivity contribution in [3.05, 3.63) is 78.8 Å². The van der Waals surface area contributed by atoms with Gasteiger partial charge in [0.05, 0.1) is 40.9 Å². The SMILES string of the molecule is COc1ncnc(C2CC2)c1-c1ccc(-c2nnc(-c3ccc(-c4ccccn4)nc3)o2)c(F)c1. The van der Waals surface area contributed by atoms with Crippen LogP contribution >= 0.6 is 0 Å². The van der Waals surface area contributed by atoms with Crippen molar-refractivity contribution in [2.24, 2.45) is 0 Å². The molecule has 0 spiro atoms. The maximum atomic E-state index is 15.2. The molecular weight excluding hydrogens is 447 g/mol. The summed E-state index contributed by atoms with van der Waals surface area (Å²) < 4.78 is 26.4. The molecule has 0 unspecified atom stereocenters. The van der Waals surface area contributed by atoms with Crippen LogP contribution in [-0.4, -0.2) is 37.2 Å². The van der Waals surface area contributed by atoms with Crippen LogP contribution in [0.2, 0.25) is 0 Å². The first kappa shape index (κ1) is 21.0. The molecular formula is C26H19FN6O2. The molecule has 8 nitrogen and oxygen atoms in total. The van der Waals surface area contributed by atoms with Gasteiger partial charge in [-0.1, -0.05) is 12.1 Å². The normalized spacial score (nSPS) is 13.1. The number of halogens is 1. The van der Waals surface area contributed by atoms with Crippen molar-refractivity contribution >= 4 is 0 Å². The van der Waals surface area contributed by atoms with E-state index in [4.69, 9.17) is 9.15 Å². The number of pyridine rings is 2. The second-order valence-corrected chi connectivity index (χ2v) is 8.17. The van der Waals surface area contributed by atoms with Crippen LogP contribution in [0.4, 0.5) is 4.39 Å². The van der Waals surface area contributed by atoms with Crippen molar-refractivity contribution in [1.82, 2.24) is 30.1 Å². The lowest BCUT2D eigenvalue weighted by atomic mass is 10.0. The molecule has 1 saturated carbocycles.